The maximum atomic E-state index is 11.3. The lowest BCUT2D eigenvalue weighted by Crippen LogP contribution is -1.95. The highest BCUT2D eigenvalue weighted by Gasteiger charge is 2.18. The van der Waals surface area contributed by atoms with E-state index in [0.29, 0.717) is 10.0 Å². The van der Waals surface area contributed by atoms with Crippen molar-refractivity contribution in [3.05, 3.63) is 35.3 Å². The second-order valence-corrected chi connectivity index (χ2v) is 7.61. The molecule has 0 fully saturated rings. The molecule has 1 aromatic heterocycles. The summed E-state index contributed by atoms with van der Waals surface area (Å²) in [7, 11) is -3.47. The van der Waals surface area contributed by atoms with Gasteiger partial charge in [-0.25, -0.2) is 8.42 Å². The molecule has 1 unspecified atom stereocenters. The van der Waals surface area contributed by atoms with Gasteiger partial charge < -0.3 is 5.73 Å². The maximum absolute atomic E-state index is 11.3. The van der Waals surface area contributed by atoms with Crippen LogP contribution in [0.5, 0.6) is 0 Å². The smallest absolute Gasteiger partial charge is 0.339 e. The fraction of sp³-hybridized carbons (Fsp3) is 0.182. The Labute approximate surface area is 103 Å². The van der Waals surface area contributed by atoms with E-state index in [4.69, 9.17) is 5.73 Å². The molecule has 0 aliphatic carbocycles. The summed E-state index contributed by atoms with van der Waals surface area (Å²) in [6.07, 6.45) is 1.19. The molecule has 0 aliphatic heterocycles. The Morgan fingerprint density at radius 2 is 1.82 bits per heavy atom. The maximum Gasteiger partial charge on any atom is 0.343 e. The third kappa shape index (κ3) is 2.48. The van der Waals surface area contributed by atoms with E-state index in [1.165, 1.54) is 6.26 Å². The summed E-state index contributed by atoms with van der Waals surface area (Å²) in [6, 6.07) is 6.78. The number of sulfone groups is 1. The topological polar surface area (TPSA) is 73.0 Å². The van der Waals surface area contributed by atoms with Gasteiger partial charge in [0.1, 0.15) is 0 Å². The van der Waals surface area contributed by atoms with Gasteiger partial charge >= 0.3 is 5.13 Å². The fourth-order valence-corrected chi connectivity index (χ4v) is 3.70. The number of nitrogens with zero attached hydrogens (tertiary/aromatic N) is 1. The molecule has 2 rings (SSSR count). The lowest BCUT2D eigenvalue weighted by molar-refractivity contribution is 0.602. The third-order valence-corrected chi connectivity index (χ3v) is 5.33. The molecule has 0 amide bonds. The van der Waals surface area contributed by atoms with Gasteiger partial charge in [0.15, 0.2) is 20.1 Å². The Balaban J connectivity index is 2.46. The van der Waals surface area contributed by atoms with Crippen LogP contribution in [-0.4, -0.2) is 19.7 Å². The molecule has 0 bridgehead atoms. The summed E-state index contributed by atoms with van der Waals surface area (Å²) in [6.45, 7) is 1.89. The van der Waals surface area contributed by atoms with E-state index >= 15 is 0 Å². The van der Waals surface area contributed by atoms with Crippen LogP contribution >= 0.6 is 10.5 Å². The van der Waals surface area contributed by atoms with Gasteiger partial charge in [-0.15, -0.1) is 0 Å². The Morgan fingerprint density at radius 3 is 2.24 bits per heavy atom. The molecular weight excluding hydrogens is 256 g/mol. The number of nitrogen functional groups attached to an aromatic ring is 1. The second kappa shape index (κ2) is 4.12. The van der Waals surface area contributed by atoms with E-state index in [9.17, 15) is 8.42 Å². The van der Waals surface area contributed by atoms with Gasteiger partial charge in [0, 0.05) is 6.26 Å². The molecule has 6 heteroatoms. The minimum Gasteiger partial charge on any atom is -0.339 e. The normalized spacial score (nSPS) is 12.7. The third-order valence-electron chi connectivity index (χ3n) is 2.31. The minimum atomic E-state index is -3.14. The Hall–Kier alpha value is -1.40. The number of rotatable bonds is 2. The van der Waals surface area contributed by atoms with Crippen LogP contribution in [-0.2, 0) is 9.84 Å². The van der Waals surface area contributed by atoms with Gasteiger partial charge in [0.05, 0.1) is 21.1 Å². The van der Waals surface area contributed by atoms with Crippen LogP contribution < -0.4 is 5.73 Å². The molecule has 1 heterocycles. The summed E-state index contributed by atoms with van der Waals surface area (Å²) in [5, 5.41) is 2.57. The van der Waals surface area contributed by atoms with Crippen LogP contribution in [0.3, 0.4) is 0 Å². The standard InChI is InChI=1S/C11H13N2O2S2/c1-8-7-16(11(12)13-8)9-3-5-10(6-4-9)17(2,14)15/h3-7H,1-2H3,(H2,12,13)/q+1. The zero-order valence-electron chi connectivity index (χ0n) is 9.54. The number of hydrogen-bond donors (Lipinski definition) is 1. The molecule has 0 saturated carbocycles. The lowest BCUT2D eigenvalue weighted by Gasteiger charge is -1.96. The monoisotopic (exact) mass is 269 g/mol. The van der Waals surface area contributed by atoms with Crippen molar-refractivity contribution in [2.75, 3.05) is 12.0 Å². The fourth-order valence-electron chi connectivity index (χ4n) is 1.50. The summed E-state index contributed by atoms with van der Waals surface area (Å²) in [5.41, 5.74) is 6.72. The van der Waals surface area contributed by atoms with Crippen molar-refractivity contribution in [1.82, 2.24) is 4.98 Å². The first-order chi connectivity index (χ1) is 7.88. The van der Waals surface area contributed by atoms with Crippen molar-refractivity contribution in [2.45, 2.75) is 11.8 Å². The van der Waals surface area contributed by atoms with Crippen molar-refractivity contribution in [1.29, 1.82) is 0 Å². The predicted octanol–water partition coefficient (Wildman–Crippen LogP) is 2.11. The molecule has 0 spiro atoms. The average molecular weight is 269 g/mol. The van der Waals surface area contributed by atoms with Crippen LogP contribution in [0, 0.1) is 6.92 Å². The molecule has 90 valence electrons. The SMILES string of the molecule is Cc1c[s+](-c2ccc(S(C)(=O)=O)cc2)c(N)n1. The largest absolute Gasteiger partial charge is 0.343 e. The average Bonchev–Trinajstić information content (AvgIpc) is 2.57. The van der Waals surface area contributed by atoms with Gasteiger partial charge in [0.25, 0.3) is 0 Å². The van der Waals surface area contributed by atoms with E-state index in [2.05, 4.69) is 4.98 Å². The Morgan fingerprint density at radius 1 is 1.24 bits per heavy atom. The summed E-state index contributed by atoms with van der Waals surface area (Å²) < 4.78 is 22.6. The number of thiazole rings is 1. The van der Waals surface area contributed by atoms with Crippen molar-refractivity contribution >= 4 is 25.4 Å². The van der Waals surface area contributed by atoms with Gasteiger partial charge in [-0.2, -0.15) is 4.98 Å². The molecule has 4 nitrogen and oxygen atoms in total. The first-order valence-electron chi connectivity index (χ1n) is 4.94. The highest BCUT2D eigenvalue weighted by molar-refractivity contribution is 7.90. The number of benzene rings is 1. The van der Waals surface area contributed by atoms with Crippen LogP contribution in [0.2, 0.25) is 0 Å². The zero-order valence-corrected chi connectivity index (χ0v) is 11.2. The summed E-state index contributed by atoms with van der Waals surface area (Å²) in [4.78, 5) is 5.47. The Bertz CT molecular complexity index is 643. The van der Waals surface area contributed by atoms with Gasteiger partial charge in [0.2, 0.25) is 0 Å². The molecule has 0 aliphatic rings. The summed E-state index contributed by atoms with van der Waals surface area (Å²) >= 11 is 0. The van der Waals surface area contributed by atoms with Gasteiger partial charge in [-0.05, 0) is 31.2 Å². The number of nitrogens with two attached hydrogens (primary N) is 1. The number of hydrogen-bond acceptors (Lipinski definition) is 4. The van der Waals surface area contributed by atoms with E-state index in [0.717, 1.165) is 10.6 Å². The van der Waals surface area contributed by atoms with Gasteiger partial charge in [-0.1, -0.05) is 0 Å². The minimum absolute atomic E-state index is 0.320. The molecule has 17 heavy (non-hydrogen) atoms. The number of aryl methyl sites for hydroxylation is 1. The highest BCUT2D eigenvalue weighted by Crippen LogP contribution is 2.37. The first-order valence-corrected chi connectivity index (χ1v) is 8.11. The van der Waals surface area contributed by atoms with E-state index in [1.807, 2.05) is 12.3 Å². The molecule has 1 aromatic carbocycles. The van der Waals surface area contributed by atoms with E-state index in [1.54, 1.807) is 24.3 Å². The molecule has 0 radical (unpaired) electrons. The van der Waals surface area contributed by atoms with Crippen molar-refractivity contribution in [3.8, 4) is 4.90 Å². The molecule has 2 aromatic rings. The number of anilines is 1. The second-order valence-electron chi connectivity index (χ2n) is 3.79. The summed E-state index contributed by atoms with van der Waals surface area (Å²) in [5.74, 6) is 0. The molecule has 0 saturated heterocycles. The number of aromatic nitrogens is 1. The zero-order chi connectivity index (χ0) is 12.6. The van der Waals surface area contributed by atoms with Gasteiger partial charge in [-0.3, -0.25) is 0 Å². The molecular formula is C11H13N2O2S2+. The van der Waals surface area contributed by atoms with Crippen molar-refractivity contribution in [2.24, 2.45) is 0 Å². The van der Waals surface area contributed by atoms with Crippen molar-refractivity contribution < 1.29 is 8.42 Å². The Kier molecular flexibility index (Phi) is 2.92. The predicted molar refractivity (Wildman–Crippen MR) is 70.3 cm³/mol. The lowest BCUT2D eigenvalue weighted by atomic mass is 10.4. The molecule has 2 N–H and O–H groups in total. The quantitative estimate of drug-likeness (QED) is 0.847. The van der Waals surface area contributed by atoms with Crippen LogP contribution in [0.1, 0.15) is 5.69 Å². The van der Waals surface area contributed by atoms with E-state index in [-0.39, 0.29) is 10.5 Å². The van der Waals surface area contributed by atoms with Crippen LogP contribution in [0.25, 0.3) is 4.90 Å². The first kappa shape index (κ1) is 12.1. The van der Waals surface area contributed by atoms with Crippen LogP contribution in [0.15, 0.2) is 34.5 Å². The van der Waals surface area contributed by atoms with Crippen molar-refractivity contribution in [3.63, 3.8) is 0 Å². The van der Waals surface area contributed by atoms with Crippen LogP contribution in [0.4, 0.5) is 5.13 Å². The molecule has 1 atom stereocenters. The highest BCUT2D eigenvalue weighted by atomic mass is 32.2. The van der Waals surface area contributed by atoms with E-state index < -0.39 is 9.84 Å².